The van der Waals surface area contributed by atoms with Crippen molar-refractivity contribution in [1.82, 2.24) is 0 Å². The topological polar surface area (TPSA) is 48.7 Å². The molecule has 0 aliphatic carbocycles. The van der Waals surface area contributed by atoms with Crippen molar-refractivity contribution in [3.8, 4) is 5.75 Å². The van der Waals surface area contributed by atoms with E-state index >= 15 is 0 Å². The highest BCUT2D eigenvalue weighted by atomic mass is 35.5. The Morgan fingerprint density at radius 3 is 2.85 bits per heavy atom. The molecule has 0 saturated heterocycles. The molecule has 0 atom stereocenters. The summed E-state index contributed by atoms with van der Waals surface area (Å²) in [6.07, 6.45) is 2.26. The van der Waals surface area contributed by atoms with Gasteiger partial charge in [-0.15, -0.1) is 0 Å². The standard InChI is InChI=1S/C15H15ClO4/c1-3-10-8-11(4-5-13(10)16)20-9-14-12(6-7-19-14)15(17)18-2/h4-8H,3,9H2,1-2H3. The molecule has 0 aliphatic rings. The van der Waals surface area contributed by atoms with Crippen molar-refractivity contribution in [2.45, 2.75) is 20.0 Å². The van der Waals surface area contributed by atoms with Crippen LogP contribution in [0.4, 0.5) is 0 Å². The number of ether oxygens (including phenoxy) is 2. The van der Waals surface area contributed by atoms with E-state index in [0.717, 1.165) is 12.0 Å². The number of carbonyl (C=O) groups excluding carboxylic acids is 1. The van der Waals surface area contributed by atoms with E-state index in [4.69, 9.17) is 20.8 Å². The van der Waals surface area contributed by atoms with Gasteiger partial charge in [-0.2, -0.15) is 0 Å². The molecule has 0 bridgehead atoms. The Balaban J connectivity index is 2.09. The molecule has 0 amide bonds. The summed E-state index contributed by atoms with van der Waals surface area (Å²) in [5.41, 5.74) is 1.38. The van der Waals surface area contributed by atoms with Crippen LogP contribution in [0.5, 0.6) is 5.75 Å². The zero-order chi connectivity index (χ0) is 14.5. The smallest absolute Gasteiger partial charge is 0.341 e. The monoisotopic (exact) mass is 294 g/mol. The molecule has 2 rings (SSSR count). The van der Waals surface area contributed by atoms with E-state index in [9.17, 15) is 4.79 Å². The summed E-state index contributed by atoms with van der Waals surface area (Å²) in [6, 6.07) is 7.01. The summed E-state index contributed by atoms with van der Waals surface area (Å²) >= 11 is 6.05. The van der Waals surface area contributed by atoms with Gasteiger partial charge in [-0.05, 0) is 36.2 Å². The minimum absolute atomic E-state index is 0.155. The van der Waals surface area contributed by atoms with Crippen LogP contribution in [-0.2, 0) is 17.8 Å². The van der Waals surface area contributed by atoms with E-state index < -0.39 is 5.97 Å². The predicted octanol–water partition coefficient (Wildman–Crippen LogP) is 3.86. The molecular formula is C15H15ClO4. The van der Waals surface area contributed by atoms with Gasteiger partial charge in [0.2, 0.25) is 0 Å². The summed E-state index contributed by atoms with van der Waals surface area (Å²) in [7, 11) is 1.33. The van der Waals surface area contributed by atoms with Gasteiger partial charge >= 0.3 is 5.97 Å². The molecule has 0 N–H and O–H groups in total. The molecular weight excluding hydrogens is 280 g/mol. The third-order valence-corrected chi connectivity index (χ3v) is 3.29. The molecule has 4 nitrogen and oxygen atoms in total. The van der Waals surface area contributed by atoms with Gasteiger partial charge in [0.25, 0.3) is 0 Å². The summed E-state index contributed by atoms with van der Waals surface area (Å²) in [6.45, 7) is 2.18. The number of carbonyl (C=O) groups is 1. The maximum atomic E-state index is 11.5. The van der Waals surface area contributed by atoms with Gasteiger partial charge in [0.1, 0.15) is 17.9 Å². The summed E-state index contributed by atoms with van der Waals surface area (Å²) in [5.74, 6) is 0.672. The third-order valence-electron chi connectivity index (χ3n) is 2.92. The van der Waals surface area contributed by atoms with Crippen molar-refractivity contribution >= 4 is 17.6 Å². The lowest BCUT2D eigenvalue weighted by molar-refractivity contribution is 0.0595. The second-order valence-electron chi connectivity index (χ2n) is 4.14. The second kappa shape index (κ2) is 6.48. The Labute approximate surface area is 122 Å². The first kappa shape index (κ1) is 14.5. The lowest BCUT2D eigenvalue weighted by atomic mass is 10.1. The Morgan fingerprint density at radius 2 is 2.15 bits per heavy atom. The van der Waals surface area contributed by atoms with Crippen LogP contribution in [0.25, 0.3) is 0 Å². The normalized spacial score (nSPS) is 10.3. The molecule has 0 aliphatic heterocycles. The van der Waals surface area contributed by atoms with E-state index in [1.165, 1.54) is 13.4 Å². The fourth-order valence-electron chi connectivity index (χ4n) is 1.80. The maximum Gasteiger partial charge on any atom is 0.341 e. The van der Waals surface area contributed by atoms with Crippen LogP contribution in [0, 0.1) is 0 Å². The van der Waals surface area contributed by atoms with E-state index in [2.05, 4.69) is 4.74 Å². The highest BCUT2D eigenvalue weighted by Gasteiger charge is 2.15. The number of hydrogen-bond acceptors (Lipinski definition) is 4. The average molecular weight is 295 g/mol. The first-order valence-electron chi connectivity index (χ1n) is 6.21. The van der Waals surface area contributed by atoms with Crippen molar-refractivity contribution < 1.29 is 18.7 Å². The fourth-order valence-corrected chi connectivity index (χ4v) is 2.06. The van der Waals surface area contributed by atoms with Crippen molar-refractivity contribution in [2.75, 3.05) is 7.11 Å². The van der Waals surface area contributed by atoms with Crippen LogP contribution in [-0.4, -0.2) is 13.1 Å². The van der Waals surface area contributed by atoms with Crippen LogP contribution in [0.1, 0.15) is 28.6 Å². The molecule has 0 fully saturated rings. The number of aryl methyl sites for hydroxylation is 1. The zero-order valence-electron chi connectivity index (χ0n) is 11.3. The molecule has 0 saturated carbocycles. The predicted molar refractivity (Wildman–Crippen MR) is 75.2 cm³/mol. The summed E-state index contributed by atoms with van der Waals surface area (Å²) in [5, 5.41) is 0.716. The Morgan fingerprint density at radius 1 is 1.35 bits per heavy atom. The summed E-state index contributed by atoms with van der Waals surface area (Å²) in [4.78, 5) is 11.5. The Kier molecular flexibility index (Phi) is 4.69. The van der Waals surface area contributed by atoms with Crippen LogP contribution >= 0.6 is 11.6 Å². The first-order valence-corrected chi connectivity index (χ1v) is 6.59. The molecule has 1 aromatic carbocycles. The van der Waals surface area contributed by atoms with Crippen molar-refractivity contribution in [3.05, 3.63) is 52.4 Å². The second-order valence-corrected chi connectivity index (χ2v) is 4.55. The molecule has 0 radical (unpaired) electrons. The minimum atomic E-state index is -0.442. The number of rotatable bonds is 5. The molecule has 2 aromatic rings. The molecule has 1 aromatic heterocycles. The van der Waals surface area contributed by atoms with Gasteiger partial charge in [-0.3, -0.25) is 0 Å². The highest BCUT2D eigenvalue weighted by molar-refractivity contribution is 6.31. The zero-order valence-corrected chi connectivity index (χ0v) is 12.1. The van der Waals surface area contributed by atoms with E-state index in [1.807, 2.05) is 13.0 Å². The Bertz CT molecular complexity index is 604. The van der Waals surface area contributed by atoms with Gasteiger partial charge in [0.15, 0.2) is 5.76 Å². The van der Waals surface area contributed by atoms with Crippen molar-refractivity contribution in [1.29, 1.82) is 0 Å². The van der Waals surface area contributed by atoms with Crippen LogP contribution in [0.15, 0.2) is 34.9 Å². The molecule has 20 heavy (non-hydrogen) atoms. The van der Waals surface area contributed by atoms with Crippen LogP contribution in [0.2, 0.25) is 5.02 Å². The largest absolute Gasteiger partial charge is 0.486 e. The number of halogens is 1. The third kappa shape index (κ3) is 3.14. The Hall–Kier alpha value is -1.94. The molecule has 106 valence electrons. The number of furan rings is 1. The molecule has 0 spiro atoms. The van der Waals surface area contributed by atoms with Gasteiger partial charge in [-0.25, -0.2) is 4.79 Å². The fraction of sp³-hybridized carbons (Fsp3) is 0.267. The van der Waals surface area contributed by atoms with E-state index in [-0.39, 0.29) is 6.61 Å². The quantitative estimate of drug-likeness (QED) is 0.786. The van der Waals surface area contributed by atoms with Crippen LogP contribution in [0.3, 0.4) is 0 Å². The summed E-state index contributed by atoms with van der Waals surface area (Å²) < 4.78 is 15.5. The number of methoxy groups -OCH3 is 1. The number of benzene rings is 1. The lowest BCUT2D eigenvalue weighted by Gasteiger charge is -2.08. The SMILES string of the molecule is CCc1cc(OCc2occc2C(=O)OC)ccc1Cl. The maximum absolute atomic E-state index is 11.5. The van der Waals surface area contributed by atoms with E-state index in [0.29, 0.717) is 22.1 Å². The highest BCUT2D eigenvalue weighted by Crippen LogP contribution is 2.24. The van der Waals surface area contributed by atoms with Crippen molar-refractivity contribution in [2.24, 2.45) is 0 Å². The number of esters is 1. The first-order chi connectivity index (χ1) is 9.65. The average Bonchev–Trinajstić information content (AvgIpc) is 2.94. The van der Waals surface area contributed by atoms with Gasteiger partial charge in [0.05, 0.1) is 13.4 Å². The van der Waals surface area contributed by atoms with Gasteiger partial charge in [-0.1, -0.05) is 18.5 Å². The van der Waals surface area contributed by atoms with Crippen molar-refractivity contribution in [3.63, 3.8) is 0 Å². The molecule has 5 heteroatoms. The van der Waals surface area contributed by atoms with Gasteiger partial charge in [0, 0.05) is 5.02 Å². The van der Waals surface area contributed by atoms with Gasteiger partial charge < -0.3 is 13.9 Å². The van der Waals surface area contributed by atoms with Crippen LogP contribution < -0.4 is 4.74 Å². The molecule has 0 unspecified atom stereocenters. The minimum Gasteiger partial charge on any atom is -0.486 e. The number of hydrogen-bond donors (Lipinski definition) is 0. The van der Waals surface area contributed by atoms with E-state index in [1.54, 1.807) is 18.2 Å². The molecule has 1 heterocycles. The lowest BCUT2D eigenvalue weighted by Crippen LogP contribution is -2.05.